The molecule has 4 nitrogen and oxygen atoms in total. The van der Waals surface area contributed by atoms with Gasteiger partial charge in [0, 0.05) is 11.9 Å². The molecule has 1 aromatic rings. The molecule has 1 aromatic carbocycles. The fourth-order valence-electron chi connectivity index (χ4n) is 1.76. The Morgan fingerprint density at radius 2 is 2.05 bits per heavy atom. The lowest BCUT2D eigenvalue weighted by molar-refractivity contribution is 0.412. The molecule has 0 bridgehead atoms. The van der Waals surface area contributed by atoms with Crippen molar-refractivity contribution >= 4 is 37.6 Å². The second-order valence-electron chi connectivity index (χ2n) is 4.77. The predicted molar refractivity (Wildman–Crippen MR) is 85.9 cm³/mol. The summed E-state index contributed by atoms with van der Waals surface area (Å²) in [4.78, 5) is 0. The quantitative estimate of drug-likeness (QED) is 0.734. The first kappa shape index (κ1) is 17.8. The fraction of sp³-hybridized carbons (Fsp3) is 0.538. The number of nitrogens with one attached hydrogen (secondary N) is 1. The Balaban J connectivity index is 2.80. The highest BCUT2D eigenvalue weighted by atomic mass is 79.9. The Morgan fingerprint density at radius 1 is 1.40 bits per heavy atom. The van der Waals surface area contributed by atoms with E-state index in [0.717, 1.165) is 10.0 Å². The Kier molecular flexibility index (Phi) is 6.78. The monoisotopic (exact) mass is 383 g/mol. The number of alkyl halides is 1. The van der Waals surface area contributed by atoms with Crippen LogP contribution >= 0.6 is 27.5 Å². The van der Waals surface area contributed by atoms with Crippen LogP contribution in [0.25, 0.3) is 0 Å². The maximum Gasteiger partial charge on any atom is 0.212 e. The lowest BCUT2D eigenvalue weighted by atomic mass is 10.1. The van der Waals surface area contributed by atoms with Crippen LogP contribution in [0.2, 0.25) is 0 Å². The fourth-order valence-corrected chi connectivity index (χ4v) is 4.19. The molecule has 7 heteroatoms. The van der Waals surface area contributed by atoms with Gasteiger partial charge in [-0.15, -0.1) is 11.6 Å². The molecular weight excluding hydrogens is 366 g/mol. The van der Waals surface area contributed by atoms with Crippen molar-refractivity contribution < 1.29 is 13.2 Å². The second kappa shape index (κ2) is 7.64. The van der Waals surface area contributed by atoms with Gasteiger partial charge in [-0.25, -0.2) is 13.1 Å². The van der Waals surface area contributed by atoms with E-state index < -0.39 is 10.0 Å². The van der Waals surface area contributed by atoms with Crippen LogP contribution in [-0.2, 0) is 10.0 Å². The first-order valence-electron chi connectivity index (χ1n) is 6.18. The Morgan fingerprint density at radius 3 is 2.55 bits per heavy atom. The van der Waals surface area contributed by atoms with E-state index in [1.54, 1.807) is 27.0 Å². The lowest BCUT2D eigenvalue weighted by Gasteiger charge is -2.17. The van der Waals surface area contributed by atoms with Gasteiger partial charge < -0.3 is 4.74 Å². The predicted octanol–water partition coefficient (Wildman–Crippen LogP) is 3.31. The van der Waals surface area contributed by atoms with E-state index in [0.29, 0.717) is 11.6 Å². The SMILES string of the molecule is COc1ccc(C(C)NS(=O)(=O)CC(C)CCl)cc1Br. The summed E-state index contributed by atoms with van der Waals surface area (Å²) in [5, 5.41) is 0. The van der Waals surface area contributed by atoms with E-state index in [-0.39, 0.29) is 17.7 Å². The van der Waals surface area contributed by atoms with Gasteiger partial charge in [0.05, 0.1) is 17.3 Å². The number of halogens is 2. The van der Waals surface area contributed by atoms with E-state index >= 15 is 0 Å². The summed E-state index contributed by atoms with van der Waals surface area (Å²) in [7, 11) is -1.77. The summed E-state index contributed by atoms with van der Waals surface area (Å²) in [5.74, 6) is 0.977. The van der Waals surface area contributed by atoms with Crippen molar-refractivity contribution in [1.82, 2.24) is 4.72 Å². The number of sulfonamides is 1. The van der Waals surface area contributed by atoms with Gasteiger partial charge in [-0.05, 0) is 46.5 Å². The van der Waals surface area contributed by atoms with Crippen LogP contribution in [0.5, 0.6) is 5.75 Å². The van der Waals surface area contributed by atoms with Gasteiger partial charge in [-0.3, -0.25) is 0 Å². The van der Waals surface area contributed by atoms with Crippen LogP contribution in [0, 0.1) is 5.92 Å². The number of benzene rings is 1. The molecule has 1 N–H and O–H groups in total. The van der Waals surface area contributed by atoms with Crippen LogP contribution in [0.4, 0.5) is 0 Å². The van der Waals surface area contributed by atoms with Crippen molar-refractivity contribution in [2.45, 2.75) is 19.9 Å². The summed E-state index contributed by atoms with van der Waals surface area (Å²) in [6.45, 7) is 3.61. The van der Waals surface area contributed by atoms with Crippen LogP contribution < -0.4 is 9.46 Å². The van der Waals surface area contributed by atoms with Gasteiger partial charge in [-0.2, -0.15) is 0 Å². The normalized spacial score (nSPS) is 14.8. The van der Waals surface area contributed by atoms with Crippen molar-refractivity contribution in [1.29, 1.82) is 0 Å². The molecule has 0 aliphatic heterocycles. The molecular formula is C13H19BrClNO3S. The largest absolute Gasteiger partial charge is 0.496 e. The molecule has 1 rings (SSSR count). The third-order valence-electron chi connectivity index (χ3n) is 2.80. The van der Waals surface area contributed by atoms with E-state index in [1.807, 2.05) is 12.1 Å². The minimum atomic E-state index is -3.35. The standard InChI is InChI=1S/C13H19BrClNO3S/c1-9(7-15)8-20(17,18)16-10(2)11-4-5-13(19-3)12(14)6-11/h4-6,9-10,16H,7-8H2,1-3H3. The molecule has 2 unspecified atom stereocenters. The molecule has 0 aliphatic carbocycles. The van der Waals surface area contributed by atoms with Gasteiger partial charge >= 0.3 is 0 Å². The van der Waals surface area contributed by atoms with Gasteiger partial charge in [0.15, 0.2) is 0 Å². The minimum Gasteiger partial charge on any atom is -0.496 e. The first-order chi connectivity index (χ1) is 9.29. The highest BCUT2D eigenvalue weighted by Gasteiger charge is 2.19. The topological polar surface area (TPSA) is 55.4 Å². The van der Waals surface area contributed by atoms with Crippen LogP contribution in [-0.4, -0.2) is 27.2 Å². The zero-order valence-corrected chi connectivity index (χ0v) is 14.8. The van der Waals surface area contributed by atoms with E-state index in [9.17, 15) is 8.42 Å². The zero-order chi connectivity index (χ0) is 15.3. The van der Waals surface area contributed by atoms with E-state index in [1.165, 1.54) is 0 Å². The number of hydrogen-bond donors (Lipinski definition) is 1. The van der Waals surface area contributed by atoms with Gasteiger partial charge in [0.1, 0.15) is 5.75 Å². The average Bonchev–Trinajstić information content (AvgIpc) is 2.37. The summed E-state index contributed by atoms with van der Waals surface area (Å²) >= 11 is 9.04. The van der Waals surface area contributed by atoms with Crippen molar-refractivity contribution in [2.24, 2.45) is 5.92 Å². The van der Waals surface area contributed by atoms with Crippen molar-refractivity contribution in [3.05, 3.63) is 28.2 Å². The molecule has 2 atom stereocenters. The third-order valence-corrected chi connectivity index (χ3v) is 5.67. The first-order valence-corrected chi connectivity index (χ1v) is 9.16. The molecule has 0 aromatic heterocycles. The van der Waals surface area contributed by atoms with Crippen molar-refractivity contribution in [3.8, 4) is 5.75 Å². The zero-order valence-electron chi connectivity index (χ0n) is 11.7. The van der Waals surface area contributed by atoms with Gasteiger partial charge in [-0.1, -0.05) is 13.0 Å². The molecule has 0 aliphatic rings. The Bertz CT molecular complexity index is 551. The van der Waals surface area contributed by atoms with Crippen LogP contribution in [0.1, 0.15) is 25.5 Å². The summed E-state index contributed by atoms with van der Waals surface area (Å²) in [5.41, 5.74) is 0.861. The molecule has 0 saturated heterocycles. The number of methoxy groups -OCH3 is 1. The smallest absolute Gasteiger partial charge is 0.212 e. The molecule has 0 saturated carbocycles. The lowest BCUT2D eigenvalue weighted by Crippen LogP contribution is -2.31. The van der Waals surface area contributed by atoms with Gasteiger partial charge in [0.2, 0.25) is 10.0 Å². The minimum absolute atomic E-state index is 0.0260. The maximum atomic E-state index is 12.0. The van der Waals surface area contributed by atoms with Crippen LogP contribution in [0.3, 0.4) is 0 Å². The third kappa shape index (κ3) is 5.24. The van der Waals surface area contributed by atoms with E-state index in [2.05, 4.69) is 20.7 Å². The molecule has 114 valence electrons. The summed E-state index contributed by atoms with van der Waals surface area (Å²) in [6.07, 6.45) is 0. The van der Waals surface area contributed by atoms with E-state index in [4.69, 9.17) is 16.3 Å². The summed E-state index contributed by atoms with van der Waals surface area (Å²) < 4.78 is 32.6. The summed E-state index contributed by atoms with van der Waals surface area (Å²) in [6, 6.07) is 5.16. The second-order valence-corrected chi connectivity index (χ2v) is 7.74. The highest BCUT2D eigenvalue weighted by Crippen LogP contribution is 2.28. The van der Waals surface area contributed by atoms with Crippen molar-refractivity contribution in [3.63, 3.8) is 0 Å². The molecule has 0 spiro atoms. The maximum absolute atomic E-state index is 12.0. The molecule has 0 radical (unpaired) electrons. The molecule has 0 heterocycles. The number of rotatable bonds is 7. The molecule has 0 amide bonds. The number of ether oxygens (including phenoxy) is 1. The van der Waals surface area contributed by atoms with Crippen LogP contribution in [0.15, 0.2) is 22.7 Å². The molecule has 20 heavy (non-hydrogen) atoms. The van der Waals surface area contributed by atoms with Gasteiger partial charge in [0.25, 0.3) is 0 Å². The molecule has 0 fully saturated rings. The average molecular weight is 385 g/mol. The van der Waals surface area contributed by atoms with Crippen molar-refractivity contribution in [2.75, 3.05) is 18.7 Å². The Labute approximate surface area is 134 Å². The Hall–Kier alpha value is -0.300. The number of hydrogen-bond acceptors (Lipinski definition) is 3. The highest BCUT2D eigenvalue weighted by molar-refractivity contribution is 9.10.